The van der Waals surface area contributed by atoms with Crippen LogP contribution in [0.5, 0.6) is 0 Å². The second kappa shape index (κ2) is 6.40. The van der Waals surface area contributed by atoms with Crippen molar-refractivity contribution in [2.24, 2.45) is 5.10 Å². The highest BCUT2D eigenvalue weighted by Crippen LogP contribution is 2.03. The minimum atomic E-state index is -0.311. The molecule has 2 aromatic heterocycles. The van der Waals surface area contributed by atoms with Crippen molar-refractivity contribution in [3.63, 3.8) is 0 Å². The second-order valence-electron chi connectivity index (χ2n) is 4.33. The van der Waals surface area contributed by atoms with E-state index in [0.29, 0.717) is 11.3 Å². The number of hydrazone groups is 1. The van der Waals surface area contributed by atoms with Crippen LogP contribution < -0.4 is 5.43 Å². The first-order valence-electron chi connectivity index (χ1n) is 6.54. The standard InChI is InChI=1S/C15H12N6O/c22-15(12-6-8-16-9-7-12)19-17-10-13-11-18-21(20-13)14-4-2-1-3-5-14/h1-11H,(H,19,22)/b17-10-. The van der Waals surface area contributed by atoms with Crippen molar-refractivity contribution in [1.82, 2.24) is 25.4 Å². The Morgan fingerprint density at radius 3 is 2.68 bits per heavy atom. The number of para-hydroxylation sites is 1. The van der Waals surface area contributed by atoms with Crippen molar-refractivity contribution in [3.05, 3.63) is 72.3 Å². The van der Waals surface area contributed by atoms with Gasteiger partial charge in [-0.1, -0.05) is 18.2 Å². The molecule has 3 rings (SSSR count). The number of carbonyl (C=O) groups is 1. The molecular weight excluding hydrogens is 280 g/mol. The third kappa shape index (κ3) is 3.21. The molecule has 0 unspecified atom stereocenters. The highest BCUT2D eigenvalue weighted by molar-refractivity contribution is 5.94. The van der Waals surface area contributed by atoms with Crippen LogP contribution in [-0.4, -0.2) is 32.1 Å². The fourth-order valence-electron chi connectivity index (χ4n) is 1.74. The van der Waals surface area contributed by atoms with Crippen LogP contribution in [0.3, 0.4) is 0 Å². The van der Waals surface area contributed by atoms with Crippen molar-refractivity contribution < 1.29 is 4.79 Å². The lowest BCUT2D eigenvalue weighted by Gasteiger charge is -1.97. The fourth-order valence-corrected chi connectivity index (χ4v) is 1.74. The topological polar surface area (TPSA) is 85.1 Å². The largest absolute Gasteiger partial charge is 0.271 e. The normalized spacial score (nSPS) is 10.7. The number of nitrogens with one attached hydrogen (secondary N) is 1. The molecule has 0 saturated heterocycles. The summed E-state index contributed by atoms with van der Waals surface area (Å²) in [6, 6.07) is 12.7. The number of hydrogen-bond acceptors (Lipinski definition) is 5. The van der Waals surface area contributed by atoms with Crippen LogP contribution in [-0.2, 0) is 0 Å². The van der Waals surface area contributed by atoms with E-state index in [0.717, 1.165) is 5.69 Å². The van der Waals surface area contributed by atoms with E-state index in [4.69, 9.17) is 0 Å². The summed E-state index contributed by atoms with van der Waals surface area (Å²) in [6.45, 7) is 0. The van der Waals surface area contributed by atoms with Gasteiger partial charge in [-0.15, -0.1) is 5.10 Å². The Kier molecular flexibility index (Phi) is 3.96. The number of carbonyl (C=O) groups excluding carboxylic acids is 1. The molecule has 0 atom stereocenters. The van der Waals surface area contributed by atoms with Crippen molar-refractivity contribution in [3.8, 4) is 5.69 Å². The molecule has 0 saturated carbocycles. The van der Waals surface area contributed by atoms with E-state index in [1.807, 2.05) is 30.3 Å². The van der Waals surface area contributed by atoms with Crippen molar-refractivity contribution in [2.45, 2.75) is 0 Å². The number of benzene rings is 1. The molecule has 7 nitrogen and oxygen atoms in total. The molecule has 0 aliphatic rings. The van der Waals surface area contributed by atoms with Gasteiger partial charge in [-0.2, -0.15) is 15.0 Å². The zero-order chi connectivity index (χ0) is 15.2. The summed E-state index contributed by atoms with van der Waals surface area (Å²) in [5.74, 6) is -0.311. The Labute approximate surface area is 126 Å². The van der Waals surface area contributed by atoms with Crippen LogP contribution >= 0.6 is 0 Å². The van der Waals surface area contributed by atoms with E-state index in [1.165, 1.54) is 11.0 Å². The van der Waals surface area contributed by atoms with Gasteiger partial charge < -0.3 is 0 Å². The maximum Gasteiger partial charge on any atom is 0.271 e. The lowest BCUT2D eigenvalue weighted by atomic mass is 10.3. The summed E-state index contributed by atoms with van der Waals surface area (Å²) in [4.78, 5) is 17.1. The highest BCUT2D eigenvalue weighted by Gasteiger charge is 2.03. The van der Waals surface area contributed by atoms with Gasteiger partial charge in [0.25, 0.3) is 5.91 Å². The van der Waals surface area contributed by atoms with E-state index in [9.17, 15) is 4.79 Å². The predicted molar refractivity (Wildman–Crippen MR) is 80.7 cm³/mol. The van der Waals surface area contributed by atoms with E-state index >= 15 is 0 Å². The summed E-state index contributed by atoms with van der Waals surface area (Å²) in [6.07, 6.45) is 6.09. The quantitative estimate of drug-likeness (QED) is 0.582. The Bertz CT molecular complexity index is 782. The number of pyridine rings is 1. The molecule has 0 bridgehead atoms. The SMILES string of the molecule is O=C(N/N=C\c1cnn(-c2ccccc2)n1)c1ccncc1. The van der Waals surface area contributed by atoms with Gasteiger partial charge in [-0.25, -0.2) is 5.43 Å². The molecule has 22 heavy (non-hydrogen) atoms. The van der Waals surface area contributed by atoms with Crippen LogP contribution in [0.15, 0.2) is 66.2 Å². The molecule has 0 spiro atoms. The molecule has 0 radical (unpaired) electrons. The lowest BCUT2D eigenvalue weighted by Crippen LogP contribution is -2.17. The fraction of sp³-hybridized carbons (Fsp3) is 0. The molecule has 2 heterocycles. The molecule has 0 aliphatic heterocycles. The van der Waals surface area contributed by atoms with Crippen LogP contribution in [0.1, 0.15) is 16.1 Å². The monoisotopic (exact) mass is 292 g/mol. The maximum absolute atomic E-state index is 11.8. The molecule has 7 heteroatoms. The van der Waals surface area contributed by atoms with Gasteiger partial charge in [-0.05, 0) is 24.3 Å². The number of amides is 1. The molecular formula is C15H12N6O. The number of aromatic nitrogens is 4. The molecule has 3 aromatic rings. The van der Waals surface area contributed by atoms with Gasteiger partial charge in [-0.3, -0.25) is 9.78 Å². The van der Waals surface area contributed by atoms with Crippen LogP contribution in [0.25, 0.3) is 5.69 Å². The van der Waals surface area contributed by atoms with Gasteiger partial charge in [0.15, 0.2) is 0 Å². The molecule has 108 valence electrons. The smallest absolute Gasteiger partial charge is 0.267 e. The summed E-state index contributed by atoms with van der Waals surface area (Å²) < 4.78 is 0. The highest BCUT2D eigenvalue weighted by atomic mass is 16.2. The zero-order valence-corrected chi connectivity index (χ0v) is 11.5. The van der Waals surface area contributed by atoms with Crippen molar-refractivity contribution in [2.75, 3.05) is 0 Å². The third-order valence-electron chi connectivity index (χ3n) is 2.80. The Morgan fingerprint density at radius 2 is 1.91 bits per heavy atom. The summed E-state index contributed by atoms with van der Waals surface area (Å²) in [5, 5.41) is 12.2. The van der Waals surface area contributed by atoms with E-state index in [2.05, 4.69) is 25.7 Å². The van der Waals surface area contributed by atoms with Gasteiger partial charge >= 0.3 is 0 Å². The molecule has 0 aliphatic carbocycles. The van der Waals surface area contributed by atoms with E-state index < -0.39 is 0 Å². The summed E-state index contributed by atoms with van der Waals surface area (Å²) in [5.41, 5.74) is 4.30. The van der Waals surface area contributed by atoms with Gasteiger partial charge in [0.2, 0.25) is 0 Å². The number of nitrogens with zero attached hydrogens (tertiary/aromatic N) is 5. The maximum atomic E-state index is 11.8. The lowest BCUT2D eigenvalue weighted by molar-refractivity contribution is 0.0955. The van der Waals surface area contributed by atoms with E-state index in [-0.39, 0.29) is 5.91 Å². The van der Waals surface area contributed by atoms with Crippen LogP contribution in [0.2, 0.25) is 0 Å². The zero-order valence-electron chi connectivity index (χ0n) is 11.5. The number of hydrogen-bond donors (Lipinski definition) is 1. The van der Waals surface area contributed by atoms with Gasteiger partial charge in [0, 0.05) is 18.0 Å². The van der Waals surface area contributed by atoms with Crippen LogP contribution in [0, 0.1) is 0 Å². The second-order valence-corrected chi connectivity index (χ2v) is 4.33. The Morgan fingerprint density at radius 1 is 1.14 bits per heavy atom. The van der Waals surface area contributed by atoms with Crippen LogP contribution in [0.4, 0.5) is 0 Å². The first-order valence-corrected chi connectivity index (χ1v) is 6.54. The van der Waals surface area contributed by atoms with Gasteiger partial charge in [0.05, 0.1) is 18.1 Å². The Hall–Kier alpha value is -3.35. The minimum absolute atomic E-state index is 0.311. The number of rotatable bonds is 4. The molecule has 0 fully saturated rings. The average Bonchev–Trinajstić information content (AvgIpc) is 3.05. The van der Waals surface area contributed by atoms with Gasteiger partial charge in [0.1, 0.15) is 5.69 Å². The van der Waals surface area contributed by atoms with Crippen molar-refractivity contribution >= 4 is 12.1 Å². The minimum Gasteiger partial charge on any atom is -0.267 e. The molecule has 1 aromatic carbocycles. The first-order chi connectivity index (χ1) is 10.8. The molecule has 1 amide bonds. The Balaban J connectivity index is 1.64. The molecule has 1 N–H and O–H groups in total. The summed E-state index contributed by atoms with van der Waals surface area (Å²) >= 11 is 0. The van der Waals surface area contributed by atoms with Crippen molar-refractivity contribution in [1.29, 1.82) is 0 Å². The first kappa shape index (κ1) is 13.6. The van der Waals surface area contributed by atoms with E-state index in [1.54, 1.807) is 30.7 Å². The summed E-state index contributed by atoms with van der Waals surface area (Å²) in [7, 11) is 0. The predicted octanol–water partition coefficient (Wildman–Crippen LogP) is 1.43. The average molecular weight is 292 g/mol. The third-order valence-corrected chi connectivity index (χ3v) is 2.80.